The third-order valence-corrected chi connectivity index (χ3v) is 6.02. The van der Waals surface area contributed by atoms with E-state index in [4.69, 9.17) is 5.73 Å². The topological polar surface area (TPSA) is 63.4 Å². The largest absolute Gasteiger partial charge is 0.398 e. The maximum absolute atomic E-state index is 12.5. The number of hydrogen-bond donors (Lipinski definition) is 1. The van der Waals surface area contributed by atoms with E-state index in [1.807, 2.05) is 13.0 Å². The summed E-state index contributed by atoms with van der Waals surface area (Å²) in [6, 6.07) is 5.06. The molecule has 4 nitrogen and oxygen atoms in total. The lowest BCUT2D eigenvalue weighted by atomic mass is 10.1. The molecule has 0 amide bonds. The molecule has 1 saturated carbocycles. The predicted octanol–water partition coefficient (Wildman–Crippen LogP) is 2.64. The van der Waals surface area contributed by atoms with Gasteiger partial charge < -0.3 is 5.73 Å². The zero-order chi connectivity index (χ0) is 14.8. The number of nitrogen functional groups attached to an aromatic ring is 1. The van der Waals surface area contributed by atoms with Crippen LogP contribution in [0.4, 0.5) is 5.69 Å². The number of hydrogen-bond acceptors (Lipinski definition) is 3. The van der Waals surface area contributed by atoms with Gasteiger partial charge in [0.1, 0.15) is 0 Å². The van der Waals surface area contributed by atoms with Gasteiger partial charge in [0, 0.05) is 19.3 Å². The maximum Gasteiger partial charge on any atom is 0.242 e. The first kappa shape index (κ1) is 15.3. The average Bonchev–Trinajstić information content (AvgIpc) is 2.91. The van der Waals surface area contributed by atoms with Crippen molar-refractivity contribution in [3.63, 3.8) is 0 Å². The van der Waals surface area contributed by atoms with Crippen LogP contribution in [0, 0.1) is 5.92 Å². The minimum absolute atomic E-state index is 0.299. The lowest BCUT2D eigenvalue weighted by Crippen LogP contribution is -2.31. The molecule has 112 valence electrons. The number of benzene rings is 1. The molecule has 5 heteroatoms. The molecule has 0 atom stereocenters. The number of anilines is 1. The highest BCUT2D eigenvalue weighted by Crippen LogP contribution is 2.27. The third-order valence-electron chi connectivity index (χ3n) is 4.20. The van der Waals surface area contributed by atoms with E-state index in [1.165, 1.54) is 17.1 Å². The Balaban J connectivity index is 2.18. The Labute approximate surface area is 122 Å². The average molecular weight is 296 g/mol. The van der Waals surface area contributed by atoms with Gasteiger partial charge in [0.05, 0.1) is 4.90 Å². The van der Waals surface area contributed by atoms with E-state index in [2.05, 4.69) is 0 Å². The summed E-state index contributed by atoms with van der Waals surface area (Å²) in [5.41, 5.74) is 7.46. The van der Waals surface area contributed by atoms with E-state index in [0.717, 1.165) is 24.8 Å². The van der Waals surface area contributed by atoms with Crippen LogP contribution in [0.1, 0.15) is 38.2 Å². The van der Waals surface area contributed by atoms with Crippen LogP contribution in [0.2, 0.25) is 0 Å². The standard InChI is InChI=1S/C15H24N2O2S/c1-3-13-8-9-14(10-15(13)16)20(18,19)17(2)11-12-6-4-5-7-12/h8-10,12H,3-7,11,16H2,1-2H3. The third kappa shape index (κ3) is 3.15. The van der Waals surface area contributed by atoms with E-state index in [9.17, 15) is 8.42 Å². The molecule has 2 rings (SSSR count). The van der Waals surface area contributed by atoms with Crippen LogP contribution in [0.15, 0.2) is 23.1 Å². The Kier molecular flexibility index (Phi) is 4.70. The van der Waals surface area contributed by atoms with E-state index in [-0.39, 0.29) is 0 Å². The van der Waals surface area contributed by atoms with E-state index >= 15 is 0 Å². The van der Waals surface area contributed by atoms with Crippen LogP contribution >= 0.6 is 0 Å². The van der Waals surface area contributed by atoms with Crippen molar-refractivity contribution in [2.75, 3.05) is 19.3 Å². The number of aryl methyl sites for hydroxylation is 1. The Morgan fingerprint density at radius 3 is 2.50 bits per heavy atom. The van der Waals surface area contributed by atoms with Crippen LogP contribution in [-0.4, -0.2) is 26.3 Å². The predicted molar refractivity (Wildman–Crippen MR) is 82.0 cm³/mol. The lowest BCUT2D eigenvalue weighted by molar-refractivity contribution is 0.387. The second kappa shape index (κ2) is 6.14. The van der Waals surface area contributed by atoms with Gasteiger partial charge in [-0.15, -0.1) is 0 Å². The van der Waals surface area contributed by atoms with Crippen LogP contribution < -0.4 is 5.73 Å². The Hall–Kier alpha value is -1.07. The molecule has 1 aromatic carbocycles. The Bertz CT molecular complexity index is 563. The van der Waals surface area contributed by atoms with Crippen molar-refractivity contribution in [2.45, 2.75) is 43.9 Å². The quantitative estimate of drug-likeness (QED) is 0.850. The van der Waals surface area contributed by atoms with Gasteiger partial charge in [-0.25, -0.2) is 12.7 Å². The molecular formula is C15H24N2O2S. The summed E-state index contributed by atoms with van der Waals surface area (Å²) >= 11 is 0. The molecule has 0 saturated heterocycles. The van der Waals surface area contributed by atoms with Crippen LogP contribution in [0.3, 0.4) is 0 Å². The fourth-order valence-corrected chi connectivity index (χ4v) is 4.17. The van der Waals surface area contributed by atoms with Gasteiger partial charge in [0.2, 0.25) is 10.0 Å². The molecule has 0 radical (unpaired) electrons. The monoisotopic (exact) mass is 296 g/mol. The summed E-state index contributed by atoms with van der Waals surface area (Å²) in [5.74, 6) is 0.502. The maximum atomic E-state index is 12.5. The molecule has 0 heterocycles. The number of nitrogens with two attached hydrogens (primary N) is 1. The van der Waals surface area contributed by atoms with Gasteiger partial charge >= 0.3 is 0 Å². The molecule has 1 aromatic rings. The first-order valence-corrected chi connectivity index (χ1v) is 8.74. The Morgan fingerprint density at radius 1 is 1.30 bits per heavy atom. The summed E-state index contributed by atoms with van der Waals surface area (Å²) in [7, 11) is -1.76. The van der Waals surface area contributed by atoms with Gasteiger partial charge in [0.25, 0.3) is 0 Å². The van der Waals surface area contributed by atoms with Crippen LogP contribution in [-0.2, 0) is 16.4 Å². The molecule has 2 N–H and O–H groups in total. The van der Waals surface area contributed by atoms with Gasteiger partial charge in [-0.3, -0.25) is 0 Å². The zero-order valence-electron chi connectivity index (χ0n) is 12.3. The minimum atomic E-state index is -3.42. The molecule has 1 aliphatic carbocycles. The lowest BCUT2D eigenvalue weighted by Gasteiger charge is -2.21. The molecule has 20 heavy (non-hydrogen) atoms. The smallest absolute Gasteiger partial charge is 0.242 e. The summed E-state index contributed by atoms with van der Waals surface area (Å²) < 4.78 is 26.6. The number of nitrogens with zero attached hydrogens (tertiary/aromatic N) is 1. The van der Waals surface area contributed by atoms with E-state index in [1.54, 1.807) is 19.2 Å². The SMILES string of the molecule is CCc1ccc(S(=O)(=O)N(C)CC2CCCC2)cc1N. The fraction of sp³-hybridized carbons (Fsp3) is 0.600. The van der Waals surface area contributed by atoms with Crippen molar-refractivity contribution < 1.29 is 8.42 Å². The first-order valence-electron chi connectivity index (χ1n) is 7.30. The minimum Gasteiger partial charge on any atom is -0.398 e. The molecule has 0 spiro atoms. The first-order chi connectivity index (χ1) is 9.45. The summed E-state index contributed by atoms with van der Waals surface area (Å²) in [4.78, 5) is 0.299. The highest BCUT2D eigenvalue weighted by molar-refractivity contribution is 7.89. The molecule has 0 bridgehead atoms. The van der Waals surface area contributed by atoms with Crippen molar-refractivity contribution in [3.8, 4) is 0 Å². The summed E-state index contributed by atoms with van der Waals surface area (Å²) in [6.45, 7) is 2.61. The number of rotatable bonds is 5. The highest BCUT2D eigenvalue weighted by Gasteiger charge is 2.25. The molecule has 1 aliphatic rings. The van der Waals surface area contributed by atoms with Crippen molar-refractivity contribution >= 4 is 15.7 Å². The van der Waals surface area contributed by atoms with Crippen molar-refractivity contribution in [2.24, 2.45) is 5.92 Å². The molecule has 0 aromatic heterocycles. The summed E-state index contributed by atoms with van der Waals surface area (Å²) in [5, 5.41) is 0. The van der Waals surface area contributed by atoms with Crippen LogP contribution in [0.5, 0.6) is 0 Å². The molecule has 0 unspecified atom stereocenters. The number of sulfonamides is 1. The van der Waals surface area contributed by atoms with Crippen molar-refractivity contribution in [1.29, 1.82) is 0 Å². The van der Waals surface area contributed by atoms with E-state index in [0.29, 0.717) is 23.0 Å². The van der Waals surface area contributed by atoms with Gasteiger partial charge in [-0.05, 0) is 42.9 Å². The molecule has 1 fully saturated rings. The van der Waals surface area contributed by atoms with Gasteiger partial charge in [-0.2, -0.15) is 0 Å². The highest BCUT2D eigenvalue weighted by atomic mass is 32.2. The fourth-order valence-electron chi connectivity index (χ4n) is 2.89. The Morgan fingerprint density at radius 2 is 1.95 bits per heavy atom. The van der Waals surface area contributed by atoms with Crippen molar-refractivity contribution in [3.05, 3.63) is 23.8 Å². The second-order valence-electron chi connectivity index (χ2n) is 5.65. The van der Waals surface area contributed by atoms with Crippen LogP contribution in [0.25, 0.3) is 0 Å². The van der Waals surface area contributed by atoms with Gasteiger partial charge in [-0.1, -0.05) is 25.8 Å². The van der Waals surface area contributed by atoms with Gasteiger partial charge in [0.15, 0.2) is 0 Å². The molecular weight excluding hydrogens is 272 g/mol. The zero-order valence-corrected chi connectivity index (χ0v) is 13.1. The normalized spacial score (nSPS) is 16.9. The van der Waals surface area contributed by atoms with Crippen molar-refractivity contribution in [1.82, 2.24) is 4.31 Å². The van der Waals surface area contributed by atoms with E-state index < -0.39 is 10.0 Å². The second-order valence-corrected chi connectivity index (χ2v) is 7.70. The molecule has 0 aliphatic heterocycles. The summed E-state index contributed by atoms with van der Waals surface area (Å²) in [6.07, 6.45) is 5.52.